The zero-order valence-corrected chi connectivity index (χ0v) is 7.80. The maximum atomic E-state index is 10.8. The molecule has 0 atom stereocenters. The van der Waals surface area contributed by atoms with Gasteiger partial charge in [0.25, 0.3) is 10.1 Å². The Balaban J connectivity index is 3.50. The molecule has 0 spiro atoms. The van der Waals surface area contributed by atoms with Gasteiger partial charge in [0.2, 0.25) is 0 Å². The van der Waals surface area contributed by atoms with Crippen LogP contribution < -0.4 is 0 Å². The van der Waals surface area contributed by atoms with E-state index in [4.69, 9.17) is 11.0 Å². The summed E-state index contributed by atoms with van der Waals surface area (Å²) in [6, 6.07) is 4.40. The molecule has 1 rings (SSSR count). The topological polar surface area (TPSA) is 54.4 Å². The fraction of sp³-hybridized carbons (Fsp3) is 0.111. The van der Waals surface area contributed by atoms with Crippen LogP contribution in [0.2, 0.25) is 0 Å². The Bertz CT molecular complexity index is 466. The second-order valence-corrected chi connectivity index (χ2v) is 4.01. The van der Waals surface area contributed by atoms with Crippen LogP contribution in [-0.4, -0.2) is 13.0 Å². The molecule has 1 aromatic carbocycles. The molecule has 3 nitrogen and oxygen atoms in total. The minimum absolute atomic E-state index is 0.183. The first-order chi connectivity index (χ1) is 5.95. The molecule has 0 aliphatic rings. The van der Waals surface area contributed by atoms with E-state index in [1.165, 1.54) is 12.1 Å². The number of hydrogen-bond donors (Lipinski definition) is 1. The highest BCUT2D eigenvalue weighted by Crippen LogP contribution is 2.15. The molecule has 0 aliphatic carbocycles. The van der Waals surface area contributed by atoms with E-state index in [0.29, 0.717) is 0 Å². The molecule has 0 amide bonds. The molecule has 0 saturated heterocycles. The predicted octanol–water partition coefficient (Wildman–Crippen LogP) is 1.22. The lowest BCUT2D eigenvalue weighted by Crippen LogP contribution is -2.01. The van der Waals surface area contributed by atoms with Crippen molar-refractivity contribution >= 4 is 10.1 Å². The molecule has 0 aromatic heterocycles. The monoisotopic (exact) mass is 196 g/mol. The Kier molecular flexibility index (Phi) is 2.41. The van der Waals surface area contributed by atoms with Crippen molar-refractivity contribution in [3.05, 3.63) is 29.3 Å². The summed E-state index contributed by atoms with van der Waals surface area (Å²) in [6.45, 7) is 1.79. The van der Waals surface area contributed by atoms with E-state index >= 15 is 0 Å². The first-order valence-corrected chi connectivity index (χ1v) is 4.94. The van der Waals surface area contributed by atoms with E-state index in [9.17, 15) is 8.42 Å². The molecule has 0 fully saturated rings. The van der Waals surface area contributed by atoms with Crippen molar-refractivity contribution in [3.63, 3.8) is 0 Å². The Hall–Kier alpha value is -1.31. The normalized spacial score (nSPS) is 10.8. The molecule has 0 unspecified atom stereocenters. The van der Waals surface area contributed by atoms with Crippen LogP contribution >= 0.6 is 0 Å². The second kappa shape index (κ2) is 3.21. The molecule has 1 N–H and O–H groups in total. The number of rotatable bonds is 1. The predicted molar refractivity (Wildman–Crippen MR) is 48.9 cm³/mol. The van der Waals surface area contributed by atoms with E-state index in [-0.39, 0.29) is 10.5 Å². The SMILES string of the molecule is C#Cc1cc(C)ccc1S(=O)(=O)O. The summed E-state index contributed by atoms with van der Waals surface area (Å²) in [4.78, 5) is -0.222. The molecule has 0 heterocycles. The van der Waals surface area contributed by atoms with Crippen LogP contribution in [0.3, 0.4) is 0 Å². The van der Waals surface area contributed by atoms with Gasteiger partial charge in [-0.25, -0.2) is 0 Å². The smallest absolute Gasteiger partial charge is 0.282 e. The maximum absolute atomic E-state index is 10.8. The summed E-state index contributed by atoms with van der Waals surface area (Å²) in [5, 5.41) is 0. The van der Waals surface area contributed by atoms with Gasteiger partial charge in [0, 0.05) is 5.56 Å². The molecule has 0 bridgehead atoms. The van der Waals surface area contributed by atoms with Gasteiger partial charge in [-0.05, 0) is 24.6 Å². The summed E-state index contributed by atoms with van der Waals surface area (Å²) in [6.07, 6.45) is 5.09. The minimum Gasteiger partial charge on any atom is -0.282 e. The van der Waals surface area contributed by atoms with E-state index in [1.54, 1.807) is 13.0 Å². The average molecular weight is 196 g/mol. The summed E-state index contributed by atoms with van der Waals surface area (Å²) >= 11 is 0. The first kappa shape index (κ1) is 9.78. The molecule has 0 radical (unpaired) electrons. The lowest BCUT2D eigenvalue weighted by Gasteiger charge is -2.01. The van der Waals surface area contributed by atoms with Crippen LogP contribution in [0.4, 0.5) is 0 Å². The van der Waals surface area contributed by atoms with Crippen molar-refractivity contribution in [1.82, 2.24) is 0 Å². The van der Waals surface area contributed by atoms with E-state index in [1.807, 2.05) is 0 Å². The average Bonchev–Trinajstić information content (AvgIpc) is 2.01. The van der Waals surface area contributed by atoms with E-state index < -0.39 is 10.1 Å². The third kappa shape index (κ3) is 2.08. The number of hydrogen-bond acceptors (Lipinski definition) is 2. The number of aryl methyl sites for hydroxylation is 1. The van der Waals surface area contributed by atoms with Crippen molar-refractivity contribution in [2.24, 2.45) is 0 Å². The van der Waals surface area contributed by atoms with Gasteiger partial charge >= 0.3 is 0 Å². The van der Waals surface area contributed by atoms with Crippen molar-refractivity contribution in [1.29, 1.82) is 0 Å². The Morgan fingerprint density at radius 1 is 1.46 bits per heavy atom. The highest BCUT2D eigenvalue weighted by Gasteiger charge is 2.13. The van der Waals surface area contributed by atoms with Gasteiger partial charge in [-0.15, -0.1) is 6.42 Å². The first-order valence-electron chi connectivity index (χ1n) is 3.50. The third-order valence-corrected chi connectivity index (χ3v) is 2.48. The van der Waals surface area contributed by atoms with E-state index in [0.717, 1.165) is 5.56 Å². The maximum Gasteiger partial charge on any atom is 0.295 e. The van der Waals surface area contributed by atoms with Crippen molar-refractivity contribution < 1.29 is 13.0 Å². The number of terminal acetylenes is 1. The van der Waals surface area contributed by atoms with Crippen LogP contribution in [0, 0.1) is 19.3 Å². The Morgan fingerprint density at radius 3 is 2.54 bits per heavy atom. The quantitative estimate of drug-likeness (QED) is 0.542. The molecule has 68 valence electrons. The minimum atomic E-state index is -4.20. The molecule has 0 aliphatic heterocycles. The van der Waals surface area contributed by atoms with Crippen LogP contribution in [0.1, 0.15) is 11.1 Å². The summed E-state index contributed by atoms with van der Waals surface area (Å²) in [5.74, 6) is 2.20. The van der Waals surface area contributed by atoms with Crippen molar-refractivity contribution in [2.45, 2.75) is 11.8 Å². The lowest BCUT2D eigenvalue weighted by molar-refractivity contribution is 0.483. The standard InChI is InChI=1S/C9H8O3S/c1-3-8-6-7(2)4-5-9(8)13(10,11)12/h1,4-6H,2H3,(H,10,11,12). The summed E-state index contributed by atoms with van der Waals surface area (Å²) < 4.78 is 30.3. The van der Waals surface area contributed by atoms with Gasteiger partial charge in [-0.3, -0.25) is 4.55 Å². The molecule has 1 aromatic rings. The van der Waals surface area contributed by atoms with E-state index in [2.05, 4.69) is 5.92 Å². The highest BCUT2D eigenvalue weighted by molar-refractivity contribution is 7.85. The third-order valence-electron chi connectivity index (χ3n) is 1.57. The van der Waals surface area contributed by atoms with Gasteiger partial charge < -0.3 is 0 Å². The number of benzene rings is 1. The van der Waals surface area contributed by atoms with Crippen LogP contribution in [0.25, 0.3) is 0 Å². The lowest BCUT2D eigenvalue weighted by atomic mass is 10.1. The molecular weight excluding hydrogens is 188 g/mol. The van der Waals surface area contributed by atoms with Crippen LogP contribution in [0.5, 0.6) is 0 Å². The second-order valence-electron chi connectivity index (χ2n) is 2.62. The Morgan fingerprint density at radius 2 is 2.08 bits per heavy atom. The van der Waals surface area contributed by atoms with Crippen molar-refractivity contribution in [2.75, 3.05) is 0 Å². The molecule has 13 heavy (non-hydrogen) atoms. The van der Waals surface area contributed by atoms with Crippen LogP contribution in [0.15, 0.2) is 23.1 Å². The van der Waals surface area contributed by atoms with Gasteiger partial charge in [0.05, 0.1) is 0 Å². The fourth-order valence-corrected chi connectivity index (χ4v) is 1.62. The largest absolute Gasteiger partial charge is 0.295 e. The zero-order chi connectivity index (χ0) is 10.1. The summed E-state index contributed by atoms with van der Waals surface area (Å²) in [7, 11) is -4.20. The van der Waals surface area contributed by atoms with Crippen molar-refractivity contribution in [3.8, 4) is 12.3 Å². The Labute approximate surface area is 77.2 Å². The molecule has 0 saturated carbocycles. The highest BCUT2D eigenvalue weighted by atomic mass is 32.2. The van der Waals surface area contributed by atoms with Crippen LogP contribution in [-0.2, 0) is 10.1 Å². The molecule has 4 heteroatoms. The summed E-state index contributed by atoms with van der Waals surface area (Å²) in [5.41, 5.74) is 1.03. The molecular formula is C9H8O3S. The van der Waals surface area contributed by atoms with Gasteiger partial charge in [0.1, 0.15) is 4.90 Å². The van der Waals surface area contributed by atoms with Gasteiger partial charge in [-0.2, -0.15) is 8.42 Å². The zero-order valence-electron chi connectivity index (χ0n) is 6.98. The fourth-order valence-electron chi connectivity index (χ4n) is 0.982. The van der Waals surface area contributed by atoms with Gasteiger partial charge in [-0.1, -0.05) is 12.0 Å². The van der Waals surface area contributed by atoms with Gasteiger partial charge in [0.15, 0.2) is 0 Å².